The first-order chi connectivity index (χ1) is 11.1. The molecule has 23 heavy (non-hydrogen) atoms. The number of benzene rings is 1. The summed E-state index contributed by atoms with van der Waals surface area (Å²) in [5, 5.41) is 2.77. The zero-order chi connectivity index (χ0) is 16.4. The molecule has 1 amide bonds. The lowest BCUT2D eigenvalue weighted by atomic mass is 10.1. The molecule has 0 unspecified atom stereocenters. The number of halogens is 2. The molecule has 0 bridgehead atoms. The molecule has 2 atom stereocenters. The monoisotopic (exact) mass is 326 g/mol. The number of methoxy groups -OCH3 is 1. The van der Waals surface area contributed by atoms with Crippen LogP contribution in [0.1, 0.15) is 23.2 Å². The minimum atomic E-state index is -1.20. The van der Waals surface area contributed by atoms with E-state index in [2.05, 4.69) is 10.2 Å². The van der Waals surface area contributed by atoms with E-state index in [1.807, 2.05) is 0 Å². The number of hydrogen-bond acceptors (Lipinski definition) is 4. The minimum Gasteiger partial charge on any atom is -0.496 e. The summed E-state index contributed by atoms with van der Waals surface area (Å²) in [6.07, 6.45) is 2.26. The van der Waals surface area contributed by atoms with Crippen LogP contribution in [-0.4, -0.2) is 56.3 Å². The predicted octanol–water partition coefficient (Wildman–Crippen LogP) is 1.57. The van der Waals surface area contributed by atoms with E-state index >= 15 is 0 Å². The zero-order valence-corrected chi connectivity index (χ0v) is 13.0. The van der Waals surface area contributed by atoms with Crippen molar-refractivity contribution >= 4 is 5.91 Å². The number of ether oxygens (including phenoxy) is 2. The van der Waals surface area contributed by atoms with Gasteiger partial charge < -0.3 is 14.8 Å². The molecular formula is C16H20F2N2O3. The van der Waals surface area contributed by atoms with E-state index in [4.69, 9.17) is 9.47 Å². The molecule has 1 aromatic rings. The highest BCUT2D eigenvalue weighted by atomic mass is 19.2. The molecule has 5 nitrogen and oxygen atoms in total. The van der Waals surface area contributed by atoms with Crippen LogP contribution < -0.4 is 10.1 Å². The summed E-state index contributed by atoms with van der Waals surface area (Å²) in [7, 11) is 1.31. The molecule has 1 aromatic carbocycles. The second-order valence-electron chi connectivity index (χ2n) is 5.87. The lowest BCUT2D eigenvalue weighted by Gasteiger charge is -2.28. The van der Waals surface area contributed by atoms with Gasteiger partial charge in [0.15, 0.2) is 11.6 Å². The lowest BCUT2D eigenvalue weighted by molar-refractivity contribution is 0.0908. The summed E-state index contributed by atoms with van der Waals surface area (Å²) in [5.41, 5.74) is -0.403. The third-order valence-electron chi connectivity index (χ3n) is 4.48. The first kappa shape index (κ1) is 16.1. The summed E-state index contributed by atoms with van der Waals surface area (Å²) in [6, 6.07) is 2.02. The Bertz CT molecular complexity index is 591. The van der Waals surface area contributed by atoms with Gasteiger partial charge in [-0.25, -0.2) is 8.78 Å². The zero-order valence-electron chi connectivity index (χ0n) is 13.0. The van der Waals surface area contributed by atoms with E-state index in [-0.39, 0.29) is 17.8 Å². The Morgan fingerprint density at radius 2 is 2.04 bits per heavy atom. The van der Waals surface area contributed by atoms with E-state index in [9.17, 15) is 13.6 Å². The van der Waals surface area contributed by atoms with Gasteiger partial charge in [-0.1, -0.05) is 0 Å². The second kappa shape index (κ2) is 6.80. The van der Waals surface area contributed by atoms with Crippen molar-refractivity contribution in [2.75, 3.05) is 33.4 Å². The maximum absolute atomic E-state index is 14.0. The van der Waals surface area contributed by atoms with Gasteiger partial charge in [0.1, 0.15) is 11.3 Å². The molecule has 126 valence electrons. The highest BCUT2D eigenvalue weighted by Gasteiger charge is 2.36. The summed E-state index contributed by atoms with van der Waals surface area (Å²) < 4.78 is 37.9. The second-order valence-corrected chi connectivity index (χ2v) is 5.87. The molecular weight excluding hydrogens is 306 g/mol. The fourth-order valence-corrected chi connectivity index (χ4v) is 3.27. The number of carbonyl (C=O) groups excluding carboxylic acids is 1. The van der Waals surface area contributed by atoms with Gasteiger partial charge >= 0.3 is 0 Å². The summed E-state index contributed by atoms with van der Waals surface area (Å²) >= 11 is 0. The average Bonchev–Trinajstić information content (AvgIpc) is 3.20. The molecule has 2 saturated heterocycles. The Labute approximate surface area is 133 Å². The van der Waals surface area contributed by atoms with Crippen LogP contribution in [0.3, 0.4) is 0 Å². The van der Waals surface area contributed by atoms with Crippen molar-refractivity contribution in [1.29, 1.82) is 0 Å². The first-order valence-electron chi connectivity index (χ1n) is 7.76. The number of amides is 1. The van der Waals surface area contributed by atoms with Crippen molar-refractivity contribution in [3.8, 4) is 5.75 Å². The number of likely N-dealkylation sites (tertiary alicyclic amines) is 1. The number of nitrogens with zero attached hydrogens (tertiary/aromatic N) is 1. The van der Waals surface area contributed by atoms with Crippen molar-refractivity contribution in [2.24, 2.45) is 0 Å². The highest BCUT2D eigenvalue weighted by Crippen LogP contribution is 2.25. The van der Waals surface area contributed by atoms with Crippen molar-refractivity contribution in [3.05, 3.63) is 29.3 Å². The molecule has 0 aliphatic carbocycles. The molecule has 1 N–H and O–H groups in total. The van der Waals surface area contributed by atoms with Gasteiger partial charge in [-0.05, 0) is 38.1 Å². The Balaban J connectivity index is 1.77. The smallest absolute Gasteiger partial charge is 0.258 e. The summed E-state index contributed by atoms with van der Waals surface area (Å²) in [6.45, 7) is 2.84. The normalized spacial score (nSPS) is 24.8. The van der Waals surface area contributed by atoms with Gasteiger partial charge in [0.05, 0.1) is 32.4 Å². The van der Waals surface area contributed by atoms with Gasteiger partial charge in [0.2, 0.25) is 0 Å². The maximum atomic E-state index is 14.0. The van der Waals surface area contributed by atoms with E-state index in [0.29, 0.717) is 13.2 Å². The third kappa shape index (κ3) is 3.16. The fraction of sp³-hybridized carbons (Fsp3) is 0.562. The quantitative estimate of drug-likeness (QED) is 0.912. The molecule has 7 heteroatoms. The Morgan fingerprint density at radius 3 is 2.74 bits per heavy atom. The maximum Gasteiger partial charge on any atom is 0.258 e. The molecule has 0 spiro atoms. The predicted molar refractivity (Wildman–Crippen MR) is 79.6 cm³/mol. The molecule has 0 radical (unpaired) electrons. The van der Waals surface area contributed by atoms with Gasteiger partial charge in [-0.15, -0.1) is 0 Å². The Hall–Kier alpha value is -1.73. The van der Waals surface area contributed by atoms with E-state index in [1.54, 1.807) is 0 Å². The third-order valence-corrected chi connectivity index (χ3v) is 4.48. The van der Waals surface area contributed by atoms with Crippen LogP contribution in [-0.2, 0) is 4.74 Å². The van der Waals surface area contributed by atoms with Gasteiger partial charge in [-0.2, -0.15) is 0 Å². The van der Waals surface area contributed by atoms with Crippen molar-refractivity contribution < 1.29 is 23.0 Å². The number of nitrogens with one attached hydrogen (secondary N) is 1. The van der Waals surface area contributed by atoms with Crippen LogP contribution in [0.4, 0.5) is 8.78 Å². The van der Waals surface area contributed by atoms with E-state index in [1.165, 1.54) is 13.2 Å². The van der Waals surface area contributed by atoms with E-state index < -0.39 is 23.1 Å². The molecule has 0 saturated carbocycles. The largest absolute Gasteiger partial charge is 0.496 e. The Kier molecular flexibility index (Phi) is 4.77. The van der Waals surface area contributed by atoms with Crippen molar-refractivity contribution in [2.45, 2.75) is 24.9 Å². The standard InChI is InChI=1S/C16H20F2N2O3/c1-22-13-5-4-10(17)15(18)14(13)16(21)19-11-8-23-9-12(11)20-6-2-3-7-20/h4-5,11-12H,2-3,6-9H2,1H3,(H,19,21)/t11-,12-/m0/s1. The first-order valence-corrected chi connectivity index (χ1v) is 7.76. The van der Waals surface area contributed by atoms with Crippen LogP contribution >= 0.6 is 0 Å². The molecule has 2 aliphatic rings. The van der Waals surface area contributed by atoms with Crippen molar-refractivity contribution in [1.82, 2.24) is 10.2 Å². The minimum absolute atomic E-state index is 0.0121. The van der Waals surface area contributed by atoms with Gasteiger partial charge in [0.25, 0.3) is 5.91 Å². The van der Waals surface area contributed by atoms with E-state index in [0.717, 1.165) is 32.0 Å². The van der Waals surface area contributed by atoms with Gasteiger partial charge in [0, 0.05) is 0 Å². The molecule has 0 aromatic heterocycles. The van der Waals surface area contributed by atoms with Crippen LogP contribution in [0, 0.1) is 11.6 Å². The van der Waals surface area contributed by atoms with Crippen LogP contribution in [0.2, 0.25) is 0 Å². The molecule has 2 fully saturated rings. The van der Waals surface area contributed by atoms with Crippen LogP contribution in [0.25, 0.3) is 0 Å². The summed E-state index contributed by atoms with van der Waals surface area (Å²) in [5.74, 6) is -2.94. The average molecular weight is 326 g/mol. The number of hydrogen-bond donors (Lipinski definition) is 1. The van der Waals surface area contributed by atoms with Gasteiger partial charge in [-0.3, -0.25) is 9.69 Å². The molecule has 2 aliphatic heterocycles. The summed E-state index contributed by atoms with van der Waals surface area (Å²) in [4.78, 5) is 14.7. The van der Waals surface area contributed by atoms with Crippen molar-refractivity contribution in [3.63, 3.8) is 0 Å². The number of carbonyl (C=O) groups is 1. The van der Waals surface area contributed by atoms with Crippen LogP contribution in [0.15, 0.2) is 12.1 Å². The highest BCUT2D eigenvalue weighted by molar-refractivity contribution is 5.97. The lowest BCUT2D eigenvalue weighted by Crippen LogP contribution is -2.50. The topological polar surface area (TPSA) is 50.8 Å². The van der Waals surface area contributed by atoms with Crippen LogP contribution in [0.5, 0.6) is 5.75 Å². The Morgan fingerprint density at radius 1 is 1.30 bits per heavy atom. The molecule has 3 rings (SSSR count). The SMILES string of the molecule is COc1ccc(F)c(F)c1C(=O)N[C@H]1COC[C@@H]1N1CCCC1. The molecule has 2 heterocycles. The number of rotatable bonds is 4. The fourth-order valence-electron chi connectivity index (χ4n) is 3.27.